The van der Waals surface area contributed by atoms with E-state index < -0.39 is 0 Å². The maximum absolute atomic E-state index is 14.3. The number of fused-ring (bicyclic) bond motifs is 1. The van der Waals surface area contributed by atoms with Gasteiger partial charge in [0.05, 0.1) is 10.5 Å². The molecule has 0 spiro atoms. The van der Waals surface area contributed by atoms with Crippen molar-refractivity contribution >= 4 is 39.0 Å². The van der Waals surface area contributed by atoms with E-state index in [1.54, 1.807) is 6.07 Å². The quantitative estimate of drug-likeness (QED) is 0.835. The Morgan fingerprint density at radius 1 is 1.40 bits per heavy atom. The van der Waals surface area contributed by atoms with E-state index in [1.807, 2.05) is 42.3 Å². The summed E-state index contributed by atoms with van der Waals surface area (Å²) in [6.45, 7) is 0. The fraction of sp³-hybridized carbons (Fsp3) is 0.333. The van der Waals surface area contributed by atoms with Gasteiger partial charge in [-0.1, -0.05) is 12.1 Å². The number of aryl methyl sites for hydroxylation is 1. The standard InChI is InChI=1S/C15H15BrFNS2/c1-18-15(10-3-2-4-11(16)14(10)17)13-7-9-8-19-6-5-12(9)20-13/h2-4,7,15,18H,5-6,8H2,1H3. The second kappa shape index (κ2) is 6.18. The fourth-order valence-corrected chi connectivity index (χ4v) is 5.39. The van der Waals surface area contributed by atoms with Crippen molar-refractivity contribution in [1.82, 2.24) is 5.32 Å². The highest BCUT2D eigenvalue weighted by Crippen LogP contribution is 2.37. The van der Waals surface area contributed by atoms with Crippen LogP contribution in [0.3, 0.4) is 0 Å². The zero-order chi connectivity index (χ0) is 14.1. The smallest absolute Gasteiger partial charge is 0.142 e. The van der Waals surface area contributed by atoms with Crippen LogP contribution in [0, 0.1) is 5.82 Å². The first-order valence-corrected chi connectivity index (χ1v) is 9.27. The number of nitrogens with one attached hydrogen (secondary N) is 1. The monoisotopic (exact) mass is 371 g/mol. The average molecular weight is 372 g/mol. The Balaban J connectivity index is 2.01. The molecule has 1 nitrogen and oxygen atoms in total. The summed E-state index contributed by atoms with van der Waals surface area (Å²) in [7, 11) is 1.89. The molecule has 0 saturated heterocycles. The van der Waals surface area contributed by atoms with Gasteiger partial charge in [-0.2, -0.15) is 11.8 Å². The topological polar surface area (TPSA) is 12.0 Å². The molecule has 1 atom stereocenters. The van der Waals surface area contributed by atoms with E-state index in [0.29, 0.717) is 10.0 Å². The van der Waals surface area contributed by atoms with Crippen molar-refractivity contribution in [1.29, 1.82) is 0 Å². The maximum Gasteiger partial charge on any atom is 0.142 e. The third-order valence-electron chi connectivity index (χ3n) is 3.51. The Morgan fingerprint density at radius 3 is 3.00 bits per heavy atom. The Morgan fingerprint density at radius 2 is 2.25 bits per heavy atom. The van der Waals surface area contributed by atoms with Crippen molar-refractivity contribution in [3.63, 3.8) is 0 Å². The lowest BCUT2D eigenvalue weighted by atomic mass is 10.0. The van der Waals surface area contributed by atoms with Crippen LogP contribution in [0.4, 0.5) is 4.39 Å². The van der Waals surface area contributed by atoms with Gasteiger partial charge in [0, 0.05) is 21.1 Å². The second-order valence-electron chi connectivity index (χ2n) is 4.76. The largest absolute Gasteiger partial charge is 0.309 e. The van der Waals surface area contributed by atoms with E-state index >= 15 is 0 Å². The number of halogens is 2. The van der Waals surface area contributed by atoms with Crippen LogP contribution in [0.5, 0.6) is 0 Å². The van der Waals surface area contributed by atoms with Crippen molar-refractivity contribution in [2.45, 2.75) is 18.2 Å². The molecule has 106 valence electrons. The van der Waals surface area contributed by atoms with E-state index in [4.69, 9.17) is 0 Å². The van der Waals surface area contributed by atoms with Crippen molar-refractivity contribution in [2.24, 2.45) is 0 Å². The highest BCUT2D eigenvalue weighted by Gasteiger charge is 2.22. The summed E-state index contributed by atoms with van der Waals surface area (Å²) in [6.07, 6.45) is 1.14. The molecule has 1 aromatic heterocycles. The van der Waals surface area contributed by atoms with Crippen LogP contribution in [0.25, 0.3) is 0 Å². The van der Waals surface area contributed by atoms with Gasteiger partial charge in [0.15, 0.2) is 0 Å². The fourth-order valence-electron chi connectivity index (χ4n) is 2.51. The van der Waals surface area contributed by atoms with Crippen LogP contribution in [0.1, 0.15) is 26.9 Å². The molecule has 5 heteroatoms. The average Bonchev–Trinajstić information content (AvgIpc) is 2.87. The van der Waals surface area contributed by atoms with Gasteiger partial charge in [-0.15, -0.1) is 11.3 Å². The number of hydrogen-bond acceptors (Lipinski definition) is 3. The molecule has 3 rings (SSSR count). The van der Waals surface area contributed by atoms with Crippen LogP contribution in [0.15, 0.2) is 28.7 Å². The predicted octanol–water partition coefficient (Wildman–Crippen LogP) is 4.75. The molecule has 2 aromatic rings. The molecule has 2 heterocycles. The summed E-state index contributed by atoms with van der Waals surface area (Å²) in [5.74, 6) is 2.11. The van der Waals surface area contributed by atoms with Crippen LogP contribution in [-0.4, -0.2) is 12.8 Å². The zero-order valence-corrected chi connectivity index (χ0v) is 14.3. The Labute approximate surface area is 135 Å². The highest BCUT2D eigenvalue weighted by atomic mass is 79.9. The Hall–Kier alpha value is -0.360. The van der Waals surface area contributed by atoms with Gasteiger partial charge in [0.25, 0.3) is 0 Å². The lowest BCUT2D eigenvalue weighted by Crippen LogP contribution is -2.18. The van der Waals surface area contributed by atoms with E-state index in [1.165, 1.54) is 21.1 Å². The molecule has 0 radical (unpaired) electrons. The van der Waals surface area contributed by atoms with Crippen molar-refractivity contribution in [3.05, 3.63) is 55.4 Å². The summed E-state index contributed by atoms with van der Waals surface area (Å²) in [5, 5.41) is 3.25. The molecule has 0 saturated carbocycles. The minimum Gasteiger partial charge on any atom is -0.309 e. The van der Waals surface area contributed by atoms with Gasteiger partial charge in [-0.25, -0.2) is 4.39 Å². The lowest BCUT2D eigenvalue weighted by molar-refractivity contribution is 0.574. The molecule has 1 aliphatic heterocycles. The molecule has 1 unspecified atom stereocenters. The Kier molecular flexibility index (Phi) is 4.50. The molecule has 0 bridgehead atoms. The van der Waals surface area contributed by atoms with Gasteiger partial charge in [0.2, 0.25) is 0 Å². The van der Waals surface area contributed by atoms with E-state index in [0.717, 1.165) is 12.2 Å². The molecule has 1 aromatic carbocycles. The van der Waals surface area contributed by atoms with Crippen molar-refractivity contribution in [2.75, 3.05) is 12.8 Å². The van der Waals surface area contributed by atoms with Gasteiger partial charge in [0.1, 0.15) is 5.82 Å². The SMILES string of the molecule is CNC(c1cc2c(s1)CCSC2)c1cccc(Br)c1F. The van der Waals surface area contributed by atoms with E-state index in [9.17, 15) is 4.39 Å². The molecule has 0 amide bonds. The molecule has 0 aliphatic carbocycles. The first-order chi connectivity index (χ1) is 9.70. The van der Waals surface area contributed by atoms with Gasteiger partial charge in [-0.05, 0) is 52.8 Å². The third-order valence-corrected chi connectivity index (χ3v) is 6.43. The highest BCUT2D eigenvalue weighted by molar-refractivity contribution is 9.10. The van der Waals surface area contributed by atoms with E-state index in [2.05, 4.69) is 27.3 Å². The predicted molar refractivity (Wildman–Crippen MR) is 89.2 cm³/mol. The van der Waals surface area contributed by atoms with Crippen molar-refractivity contribution < 1.29 is 4.39 Å². The number of hydrogen-bond donors (Lipinski definition) is 1. The van der Waals surface area contributed by atoms with Crippen LogP contribution in [0.2, 0.25) is 0 Å². The Bertz CT molecular complexity index is 603. The summed E-state index contributed by atoms with van der Waals surface area (Å²) in [4.78, 5) is 2.67. The summed E-state index contributed by atoms with van der Waals surface area (Å²) >= 11 is 7.07. The van der Waals surface area contributed by atoms with Gasteiger partial charge < -0.3 is 5.32 Å². The molecule has 1 aliphatic rings. The molecule has 1 N–H and O–H groups in total. The third kappa shape index (κ3) is 2.69. The summed E-state index contributed by atoms with van der Waals surface area (Å²) in [6, 6.07) is 7.65. The number of rotatable bonds is 3. The molecule has 20 heavy (non-hydrogen) atoms. The van der Waals surface area contributed by atoms with Crippen LogP contribution < -0.4 is 5.32 Å². The van der Waals surface area contributed by atoms with Crippen molar-refractivity contribution in [3.8, 4) is 0 Å². The zero-order valence-electron chi connectivity index (χ0n) is 11.1. The first-order valence-electron chi connectivity index (χ1n) is 6.51. The maximum atomic E-state index is 14.3. The number of thiophene rings is 1. The van der Waals surface area contributed by atoms with Crippen LogP contribution >= 0.6 is 39.0 Å². The molecular formula is C15H15BrFNS2. The van der Waals surface area contributed by atoms with E-state index in [-0.39, 0.29) is 11.9 Å². The second-order valence-corrected chi connectivity index (χ2v) is 7.89. The minimum atomic E-state index is -0.174. The number of thioether (sulfide) groups is 1. The summed E-state index contributed by atoms with van der Waals surface area (Å²) in [5.41, 5.74) is 2.13. The summed E-state index contributed by atoms with van der Waals surface area (Å²) < 4.78 is 14.8. The first kappa shape index (κ1) is 14.6. The molecule has 0 fully saturated rings. The molecular weight excluding hydrogens is 357 g/mol. The number of benzene rings is 1. The normalized spacial score (nSPS) is 15.9. The lowest BCUT2D eigenvalue weighted by Gasteiger charge is -2.16. The van der Waals surface area contributed by atoms with Gasteiger partial charge in [-0.3, -0.25) is 0 Å². The van der Waals surface area contributed by atoms with Gasteiger partial charge >= 0.3 is 0 Å². The minimum absolute atomic E-state index is 0.0758. The van der Waals surface area contributed by atoms with Crippen LogP contribution in [-0.2, 0) is 12.2 Å².